The van der Waals surface area contributed by atoms with Crippen molar-refractivity contribution >= 4 is 28.1 Å². The summed E-state index contributed by atoms with van der Waals surface area (Å²) in [5, 5.41) is 0. The molecule has 112 valence electrons. The Kier molecular flexibility index (Phi) is 4.83. The van der Waals surface area contributed by atoms with Gasteiger partial charge < -0.3 is 4.98 Å². The normalized spacial score (nSPS) is 11.2. The third kappa shape index (κ3) is 3.52. The molecule has 2 nitrogen and oxygen atoms in total. The average molecular weight is 377 g/mol. The highest BCUT2D eigenvalue weighted by Gasteiger charge is 2.15. The minimum absolute atomic E-state index is 0.106. The number of nitrogens with one attached hydrogen (secondary N) is 1. The fourth-order valence-corrected chi connectivity index (χ4v) is 2.45. The van der Waals surface area contributed by atoms with E-state index in [9.17, 15) is 13.2 Å². The van der Waals surface area contributed by atoms with Crippen LogP contribution in [0.25, 0.3) is 11.4 Å². The third-order valence-electron chi connectivity index (χ3n) is 2.80. The second-order valence-corrected chi connectivity index (χ2v) is 6.21. The first-order valence-corrected chi connectivity index (χ1v) is 7.43. The van der Waals surface area contributed by atoms with Crippen LogP contribution in [0, 0.1) is 28.0 Å². The highest BCUT2D eigenvalue weighted by molar-refractivity contribution is 9.10. The second kappa shape index (κ2) is 6.27. The molecule has 1 N–H and O–H groups in total. The van der Waals surface area contributed by atoms with Gasteiger partial charge >= 0.3 is 0 Å². The van der Waals surface area contributed by atoms with Crippen LogP contribution in [0.2, 0.25) is 0 Å². The fourth-order valence-electron chi connectivity index (χ4n) is 1.88. The predicted octanol–water partition coefficient (Wildman–Crippen LogP) is 5.18. The van der Waals surface area contributed by atoms with E-state index in [-0.39, 0.29) is 16.0 Å². The summed E-state index contributed by atoms with van der Waals surface area (Å²) in [5.41, 5.74) is 0.889. The van der Waals surface area contributed by atoms with Crippen molar-refractivity contribution in [2.75, 3.05) is 0 Å². The van der Waals surface area contributed by atoms with Crippen molar-refractivity contribution in [2.24, 2.45) is 5.92 Å². The zero-order valence-corrected chi connectivity index (χ0v) is 13.7. The van der Waals surface area contributed by atoms with Crippen LogP contribution in [0.5, 0.6) is 0 Å². The average Bonchev–Trinajstić information content (AvgIpc) is 2.39. The Morgan fingerprint density at radius 2 is 1.81 bits per heavy atom. The summed E-state index contributed by atoms with van der Waals surface area (Å²) in [6.45, 7) is 4.06. The monoisotopic (exact) mass is 376 g/mol. The summed E-state index contributed by atoms with van der Waals surface area (Å²) < 4.78 is 40.6. The molecule has 7 heteroatoms. The van der Waals surface area contributed by atoms with E-state index in [4.69, 9.17) is 12.2 Å². The molecule has 0 aliphatic rings. The molecule has 2 rings (SSSR count). The van der Waals surface area contributed by atoms with Crippen LogP contribution in [0.4, 0.5) is 13.2 Å². The van der Waals surface area contributed by atoms with Crippen molar-refractivity contribution in [2.45, 2.75) is 20.3 Å². The Morgan fingerprint density at radius 1 is 1.24 bits per heavy atom. The van der Waals surface area contributed by atoms with E-state index in [1.165, 1.54) is 0 Å². The number of hydrogen-bond donors (Lipinski definition) is 1. The molecule has 0 amide bonds. The predicted molar refractivity (Wildman–Crippen MR) is 81.0 cm³/mol. The minimum Gasteiger partial charge on any atom is -0.342 e. The van der Waals surface area contributed by atoms with Crippen molar-refractivity contribution in [3.8, 4) is 11.4 Å². The van der Waals surface area contributed by atoms with Gasteiger partial charge in [-0.15, -0.1) is 0 Å². The second-order valence-electron chi connectivity index (χ2n) is 5.03. The number of hydrogen-bond acceptors (Lipinski definition) is 2. The molecule has 0 radical (unpaired) electrons. The Morgan fingerprint density at radius 3 is 2.33 bits per heavy atom. The first-order chi connectivity index (χ1) is 9.79. The molecule has 2 aromatic rings. The molecule has 0 fully saturated rings. The summed E-state index contributed by atoms with van der Waals surface area (Å²) in [6.07, 6.45) is 0.686. The maximum Gasteiger partial charge on any atom is 0.194 e. The van der Waals surface area contributed by atoms with Crippen LogP contribution < -0.4 is 0 Å². The molecular formula is C14H12BrF3N2S. The SMILES string of the molecule is CC(C)Cc1[nH]c(-c2cc(F)c(F)c(F)c2)nc(=S)c1Br. The van der Waals surface area contributed by atoms with Gasteiger partial charge in [0.1, 0.15) is 10.5 Å². The summed E-state index contributed by atoms with van der Waals surface area (Å²) in [4.78, 5) is 7.07. The number of benzene rings is 1. The number of aromatic amines is 1. The standard InChI is InChI=1S/C14H12BrF3N2S/c1-6(2)3-10-11(15)14(21)20-13(19-10)7-4-8(16)12(18)9(17)5-7/h4-6H,3H2,1-2H3,(H,19,20,21). The van der Waals surface area contributed by atoms with E-state index in [0.29, 0.717) is 16.8 Å². The Hall–Kier alpha value is -1.21. The molecule has 21 heavy (non-hydrogen) atoms. The highest BCUT2D eigenvalue weighted by Crippen LogP contribution is 2.25. The summed E-state index contributed by atoms with van der Waals surface area (Å²) >= 11 is 8.48. The van der Waals surface area contributed by atoms with Gasteiger partial charge in [-0.1, -0.05) is 26.1 Å². The lowest BCUT2D eigenvalue weighted by atomic mass is 10.1. The van der Waals surface area contributed by atoms with Gasteiger partial charge in [0.15, 0.2) is 17.5 Å². The van der Waals surface area contributed by atoms with Crippen molar-refractivity contribution in [1.29, 1.82) is 0 Å². The molecule has 0 atom stereocenters. The summed E-state index contributed by atoms with van der Waals surface area (Å²) in [7, 11) is 0. The number of H-pyrrole nitrogens is 1. The topological polar surface area (TPSA) is 28.7 Å². The van der Waals surface area contributed by atoms with Crippen LogP contribution in [-0.2, 0) is 6.42 Å². The first kappa shape index (κ1) is 16.2. The number of rotatable bonds is 3. The molecule has 1 aromatic carbocycles. The maximum absolute atomic E-state index is 13.3. The molecule has 0 bridgehead atoms. The molecule has 0 saturated carbocycles. The van der Waals surface area contributed by atoms with Gasteiger partial charge in [-0.25, -0.2) is 18.2 Å². The van der Waals surface area contributed by atoms with E-state index >= 15 is 0 Å². The molecule has 0 spiro atoms. The van der Waals surface area contributed by atoms with Gasteiger partial charge in [-0.3, -0.25) is 0 Å². The Labute approximate surface area is 133 Å². The summed E-state index contributed by atoms with van der Waals surface area (Å²) in [5.74, 6) is -3.48. The highest BCUT2D eigenvalue weighted by atomic mass is 79.9. The summed E-state index contributed by atoms with van der Waals surface area (Å²) in [6, 6.07) is 1.78. The van der Waals surface area contributed by atoms with Gasteiger partial charge in [-0.2, -0.15) is 0 Å². The van der Waals surface area contributed by atoms with E-state index in [0.717, 1.165) is 17.8 Å². The zero-order chi connectivity index (χ0) is 15.7. The molecule has 0 aliphatic carbocycles. The zero-order valence-electron chi connectivity index (χ0n) is 11.3. The minimum atomic E-state index is -1.50. The number of nitrogens with zero attached hydrogens (tertiary/aromatic N) is 1. The Balaban J connectivity index is 2.59. The molecular weight excluding hydrogens is 365 g/mol. The fraction of sp³-hybridized carbons (Fsp3) is 0.286. The molecule has 1 aromatic heterocycles. The van der Waals surface area contributed by atoms with Crippen LogP contribution in [0.3, 0.4) is 0 Å². The van der Waals surface area contributed by atoms with Gasteiger partial charge in [0.2, 0.25) is 0 Å². The number of halogens is 4. The van der Waals surface area contributed by atoms with Crippen molar-refractivity contribution in [3.63, 3.8) is 0 Å². The van der Waals surface area contributed by atoms with E-state index in [1.54, 1.807) is 0 Å². The maximum atomic E-state index is 13.3. The lowest BCUT2D eigenvalue weighted by molar-refractivity contribution is 0.447. The quantitative estimate of drug-likeness (QED) is 0.590. The molecule has 0 aliphatic heterocycles. The number of aromatic nitrogens is 2. The van der Waals surface area contributed by atoms with E-state index in [1.807, 2.05) is 13.8 Å². The van der Waals surface area contributed by atoms with Crippen LogP contribution >= 0.6 is 28.1 Å². The molecule has 0 saturated heterocycles. The molecule has 1 heterocycles. The Bertz CT molecular complexity index is 720. The smallest absolute Gasteiger partial charge is 0.194 e. The largest absolute Gasteiger partial charge is 0.342 e. The van der Waals surface area contributed by atoms with Crippen LogP contribution in [-0.4, -0.2) is 9.97 Å². The van der Waals surface area contributed by atoms with Crippen LogP contribution in [0.1, 0.15) is 19.5 Å². The van der Waals surface area contributed by atoms with Gasteiger partial charge in [0.25, 0.3) is 0 Å². The lowest BCUT2D eigenvalue weighted by Crippen LogP contribution is -2.03. The van der Waals surface area contributed by atoms with Gasteiger partial charge in [0.05, 0.1) is 4.47 Å². The van der Waals surface area contributed by atoms with Gasteiger partial charge in [-0.05, 0) is 40.4 Å². The van der Waals surface area contributed by atoms with Crippen molar-refractivity contribution in [3.05, 3.63) is 44.4 Å². The van der Waals surface area contributed by atoms with Crippen molar-refractivity contribution < 1.29 is 13.2 Å². The van der Waals surface area contributed by atoms with E-state index in [2.05, 4.69) is 25.9 Å². The van der Waals surface area contributed by atoms with E-state index < -0.39 is 17.5 Å². The third-order valence-corrected chi connectivity index (χ3v) is 4.22. The van der Waals surface area contributed by atoms with Crippen molar-refractivity contribution in [1.82, 2.24) is 9.97 Å². The van der Waals surface area contributed by atoms with Crippen LogP contribution in [0.15, 0.2) is 16.6 Å². The lowest BCUT2D eigenvalue weighted by Gasteiger charge is -2.11. The van der Waals surface area contributed by atoms with Gasteiger partial charge in [0, 0.05) is 11.3 Å². The molecule has 0 unspecified atom stereocenters. The first-order valence-electron chi connectivity index (χ1n) is 6.23.